The van der Waals surface area contributed by atoms with Crippen LogP contribution in [0.2, 0.25) is 0 Å². The van der Waals surface area contributed by atoms with Crippen LogP contribution in [-0.2, 0) is 4.79 Å². The molecule has 0 aliphatic heterocycles. The third-order valence-corrected chi connectivity index (χ3v) is 6.40. The van der Waals surface area contributed by atoms with E-state index in [1.165, 1.54) is 12.8 Å². The van der Waals surface area contributed by atoms with Crippen molar-refractivity contribution in [1.29, 1.82) is 0 Å². The minimum absolute atomic E-state index is 0.164. The summed E-state index contributed by atoms with van der Waals surface area (Å²) in [6.45, 7) is 8.83. The molecule has 0 bridgehead atoms. The van der Waals surface area contributed by atoms with Gasteiger partial charge in [0.05, 0.1) is 6.61 Å². The molecule has 124 valence electrons. The molecule has 2 rings (SSSR count). The molecule has 0 aromatic heterocycles. The molecule has 2 aliphatic rings. The molecule has 2 heteroatoms. The summed E-state index contributed by atoms with van der Waals surface area (Å²) in [6, 6.07) is 0. The molecular weight excluding hydrogens is 272 g/mol. The molecule has 1 fully saturated rings. The number of allylic oxidation sites excluding steroid dienone is 3. The first-order valence-electron chi connectivity index (χ1n) is 8.87. The lowest BCUT2D eigenvalue weighted by Gasteiger charge is -2.43. The highest BCUT2D eigenvalue weighted by Crippen LogP contribution is 2.57. The van der Waals surface area contributed by atoms with Gasteiger partial charge in [-0.25, -0.2) is 0 Å². The van der Waals surface area contributed by atoms with Gasteiger partial charge in [0.15, 0.2) is 5.78 Å². The Bertz CT molecular complexity index is 474. The normalized spacial score (nSPS) is 34.1. The summed E-state index contributed by atoms with van der Waals surface area (Å²) in [5, 5.41) is 9.09. The number of rotatable bonds is 5. The van der Waals surface area contributed by atoms with Gasteiger partial charge in [0, 0.05) is 6.42 Å². The van der Waals surface area contributed by atoms with E-state index >= 15 is 0 Å². The monoisotopic (exact) mass is 304 g/mol. The standard InChI is InChI=1S/C20H32O2/c1-14(13-21)6-5-7-15(2)18-9-8-17(4)20(18)11-10-16(3)19(22)12-20/h6,10,15,17-18,21H,5,7-9,11-13H2,1-4H3. The van der Waals surface area contributed by atoms with Crippen LogP contribution in [0.5, 0.6) is 0 Å². The van der Waals surface area contributed by atoms with Gasteiger partial charge in [-0.3, -0.25) is 4.79 Å². The van der Waals surface area contributed by atoms with Gasteiger partial charge < -0.3 is 5.11 Å². The Labute approximate surface area is 135 Å². The van der Waals surface area contributed by atoms with Gasteiger partial charge in [-0.15, -0.1) is 0 Å². The third kappa shape index (κ3) is 3.37. The SMILES string of the molecule is CC(=CCCC(C)C1CCC(C)C12CC=C(C)C(=O)C2)CO. The number of aliphatic hydroxyl groups excluding tert-OH is 1. The van der Waals surface area contributed by atoms with E-state index in [4.69, 9.17) is 5.11 Å². The van der Waals surface area contributed by atoms with E-state index in [1.54, 1.807) is 0 Å². The fourth-order valence-corrected chi connectivity index (χ4v) is 4.70. The van der Waals surface area contributed by atoms with Gasteiger partial charge in [0.25, 0.3) is 0 Å². The second-order valence-corrected chi connectivity index (χ2v) is 7.77. The smallest absolute Gasteiger partial charge is 0.158 e. The van der Waals surface area contributed by atoms with Crippen molar-refractivity contribution in [1.82, 2.24) is 0 Å². The zero-order valence-electron chi connectivity index (χ0n) is 14.7. The largest absolute Gasteiger partial charge is 0.392 e. The first-order valence-corrected chi connectivity index (χ1v) is 8.87. The van der Waals surface area contributed by atoms with E-state index in [2.05, 4.69) is 26.0 Å². The fraction of sp³-hybridized carbons (Fsp3) is 0.750. The molecule has 4 atom stereocenters. The highest BCUT2D eigenvalue weighted by molar-refractivity contribution is 5.96. The highest BCUT2D eigenvalue weighted by atomic mass is 16.3. The van der Waals surface area contributed by atoms with Crippen molar-refractivity contribution >= 4 is 5.78 Å². The maximum absolute atomic E-state index is 12.3. The molecule has 0 saturated heterocycles. The number of carbonyl (C=O) groups excluding carboxylic acids is 1. The van der Waals surface area contributed by atoms with E-state index < -0.39 is 0 Å². The van der Waals surface area contributed by atoms with E-state index in [-0.39, 0.29) is 12.0 Å². The molecule has 0 radical (unpaired) electrons. The summed E-state index contributed by atoms with van der Waals surface area (Å²) in [5.74, 6) is 2.34. The zero-order valence-corrected chi connectivity index (χ0v) is 14.7. The van der Waals surface area contributed by atoms with Crippen molar-refractivity contribution < 1.29 is 9.90 Å². The van der Waals surface area contributed by atoms with Crippen molar-refractivity contribution in [3.63, 3.8) is 0 Å². The summed E-state index contributed by atoms with van der Waals surface area (Å²) in [5.41, 5.74) is 2.25. The van der Waals surface area contributed by atoms with Crippen LogP contribution in [0.4, 0.5) is 0 Å². The van der Waals surface area contributed by atoms with Crippen molar-refractivity contribution in [3.05, 3.63) is 23.3 Å². The number of hydrogen-bond donors (Lipinski definition) is 1. The van der Waals surface area contributed by atoms with Gasteiger partial charge in [-0.05, 0) is 74.7 Å². The molecule has 4 unspecified atom stereocenters. The lowest BCUT2D eigenvalue weighted by molar-refractivity contribution is -0.120. The van der Waals surface area contributed by atoms with E-state index in [0.29, 0.717) is 23.5 Å². The molecule has 0 amide bonds. The van der Waals surface area contributed by atoms with Crippen LogP contribution in [0.25, 0.3) is 0 Å². The lowest BCUT2D eigenvalue weighted by Crippen LogP contribution is -2.38. The molecule has 2 aliphatic carbocycles. The average Bonchev–Trinajstić information content (AvgIpc) is 2.80. The first-order chi connectivity index (χ1) is 10.4. The predicted octanol–water partition coefficient (Wildman–Crippen LogP) is 4.68. The zero-order chi connectivity index (χ0) is 16.3. The van der Waals surface area contributed by atoms with E-state index in [9.17, 15) is 4.79 Å². The highest BCUT2D eigenvalue weighted by Gasteiger charge is 2.51. The summed E-state index contributed by atoms with van der Waals surface area (Å²) in [6.07, 6.45) is 10.9. The molecule has 1 N–H and O–H groups in total. The number of ketones is 1. The molecule has 0 aromatic rings. The van der Waals surface area contributed by atoms with Crippen LogP contribution in [0, 0.1) is 23.2 Å². The summed E-state index contributed by atoms with van der Waals surface area (Å²) in [4.78, 5) is 12.3. The van der Waals surface area contributed by atoms with Gasteiger partial charge in [-0.1, -0.05) is 31.6 Å². The second kappa shape index (κ2) is 7.12. The van der Waals surface area contributed by atoms with Gasteiger partial charge in [-0.2, -0.15) is 0 Å². The Morgan fingerprint density at radius 3 is 2.86 bits per heavy atom. The van der Waals surface area contributed by atoms with Gasteiger partial charge in [0.2, 0.25) is 0 Å². The van der Waals surface area contributed by atoms with Crippen LogP contribution >= 0.6 is 0 Å². The molecule has 1 spiro atoms. The van der Waals surface area contributed by atoms with Crippen LogP contribution in [0.1, 0.15) is 66.2 Å². The average molecular weight is 304 g/mol. The van der Waals surface area contributed by atoms with Crippen LogP contribution in [0.3, 0.4) is 0 Å². The lowest BCUT2D eigenvalue weighted by atomic mass is 9.60. The minimum Gasteiger partial charge on any atom is -0.392 e. The summed E-state index contributed by atoms with van der Waals surface area (Å²) < 4.78 is 0. The summed E-state index contributed by atoms with van der Waals surface area (Å²) in [7, 11) is 0. The Hall–Kier alpha value is -0.890. The topological polar surface area (TPSA) is 37.3 Å². The number of carbonyl (C=O) groups is 1. The molecule has 0 aromatic carbocycles. The molecule has 0 heterocycles. The van der Waals surface area contributed by atoms with Gasteiger partial charge >= 0.3 is 0 Å². The fourth-order valence-electron chi connectivity index (χ4n) is 4.70. The number of aliphatic hydroxyl groups is 1. The van der Waals surface area contributed by atoms with Crippen molar-refractivity contribution in [2.75, 3.05) is 6.61 Å². The Kier molecular flexibility index (Phi) is 5.65. The summed E-state index contributed by atoms with van der Waals surface area (Å²) >= 11 is 0. The number of Topliss-reactive ketones (excluding diaryl/α,β-unsaturated/α-hetero) is 1. The molecule has 2 nitrogen and oxygen atoms in total. The van der Waals surface area contributed by atoms with E-state index in [1.807, 2.05) is 13.8 Å². The maximum Gasteiger partial charge on any atom is 0.158 e. The van der Waals surface area contributed by atoms with Crippen molar-refractivity contribution in [3.8, 4) is 0 Å². The third-order valence-electron chi connectivity index (χ3n) is 6.40. The Morgan fingerprint density at radius 2 is 2.23 bits per heavy atom. The number of hydrogen-bond acceptors (Lipinski definition) is 2. The Morgan fingerprint density at radius 1 is 1.50 bits per heavy atom. The van der Waals surface area contributed by atoms with Crippen LogP contribution in [0.15, 0.2) is 23.3 Å². The Balaban J connectivity index is 2.08. The molecule has 22 heavy (non-hydrogen) atoms. The quantitative estimate of drug-likeness (QED) is 0.749. The molecular formula is C20H32O2. The van der Waals surface area contributed by atoms with Gasteiger partial charge in [0.1, 0.15) is 0 Å². The minimum atomic E-state index is 0.164. The van der Waals surface area contributed by atoms with Crippen LogP contribution < -0.4 is 0 Å². The van der Waals surface area contributed by atoms with Crippen molar-refractivity contribution in [2.45, 2.75) is 66.2 Å². The van der Waals surface area contributed by atoms with Crippen molar-refractivity contribution in [2.24, 2.45) is 23.2 Å². The second-order valence-electron chi connectivity index (χ2n) is 7.77. The van der Waals surface area contributed by atoms with E-state index in [0.717, 1.165) is 36.8 Å². The predicted molar refractivity (Wildman–Crippen MR) is 91.6 cm³/mol. The van der Waals surface area contributed by atoms with Crippen LogP contribution in [-0.4, -0.2) is 17.5 Å². The maximum atomic E-state index is 12.3. The first kappa shape index (κ1) is 17.5. The molecule has 1 saturated carbocycles.